The van der Waals surface area contributed by atoms with Crippen molar-refractivity contribution in [2.45, 2.75) is 19.1 Å². The molecule has 0 bridgehead atoms. The third-order valence-electron chi connectivity index (χ3n) is 4.80. The summed E-state index contributed by atoms with van der Waals surface area (Å²) >= 11 is 0. The first kappa shape index (κ1) is 18.0. The van der Waals surface area contributed by atoms with Crippen molar-refractivity contribution >= 4 is 6.09 Å². The molecule has 2 aromatic carbocycles. The predicted octanol–water partition coefficient (Wildman–Crippen LogP) is 4.32. The summed E-state index contributed by atoms with van der Waals surface area (Å²) in [5.41, 5.74) is 4.17. The lowest BCUT2D eigenvalue weighted by Crippen LogP contribution is -2.36. The van der Waals surface area contributed by atoms with E-state index in [4.69, 9.17) is 9.47 Å². The van der Waals surface area contributed by atoms with Crippen LogP contribution in [-0.4, -0.2) is 35.7 Å². The number of carbonyl (C=O) groups excluding carboxylic acids is 1. The minimum absolute atomic E-state index is 0.0953. The van der Waals surface area contributed by atoms with Gasteiger partial charge in [-0.2, -0.15) is 0 Å². The summed E-state index contributed by atoms with van der Waals surface area (Å²) < 4.78 is 11.6. The number of hydrogen-bond acceptors (Lipinski definition) is 4. The van der Waals surface area contributed by atoms with Gasteiger partial charge in [0.15, 0.2) is 0 Å². The monoisotopic (exact) mass is 374 g/mol. The number of hydrogen-bond donors (Lipinski definition) is 0. The van der Waals surface area contributed by atoms with Crippen LogP contribution in [0.3, 0.4) is 0 Å². The lowest BCUT2D eigenvalue weighted by molar-refractivity contribution is 0.0895. The standard InChI is InChI=1S/C23H22N2O3/c1-25(23(26)27-16-17-7-3-2-4-8-17)15-20-13-18-9-5-11-21(22(18)28-20)19-10-6-12-24-14-19/h2-12,14,20H,13,15-16H2,1H3. The first-order chi connectivity index (χ1) is 13.7. The molecule has 4 rings (SSSR count). The molecule has 5 nitrogen and oxygen atoms in total. The van der Waals surface area contributed by atoms with E-state index >= 15 is 0 Å². The van der Waals surface area contributed by atoms with E-state index in [2.05, 4.69) is 11.1 Å². The van der Waals surface area contributed by atoms with Crippen LogP contribution in [0, 0.1) is 0 Å². The van der Waals surface area contributed by atoms with E-state index in [1.807, 2.05) is 60.8 Å². The third kappa shape index (κ3) is 3.98. The molecule has 2 heterocycles. The number of para-hydroxylation sites is 1. The van der Waals surface area contributed by atoms with Gasteiger partial charge < -0.3 is 14.4 Å². The molecule has 28 heavy (non-hydrogen) atoms. The van der Waals surface area contributed by atoms with Crippen molar-refractivity contribution in [2.75, 3.05) is 13.6 Å². The van der Waals surface area contributed by atoms with Gasteiger partial charge in [0.05, 0.1) is 6.54 Å². The first-order valence-corrected chi connectivity index (χ1v) is 9.31. The Morgan fingerprint density at radius 3 is 2.79 bits per heavy atom. The van der Waals surface area contributed by atoms with Crippen molar-refractivity contribution in [1.29, 1.82) is 0 Å². The Balaban J connectivity index is 1.38. The molecule has 0 N–H and O–H groups in total. The van der Waals surface area contributed by atoms with Gasteiger partial charge in [0.1, 0.15) is 18.5 Å². The quantitative estimate of drug-likeness (QED) is 0.667. The number of fused-ring (bicyclic) bond motifs is 1. The normalized spacial score (nSPS) is 14.8. The largest absolute Gasteiger partial charge is 0.487 e. The van der Waals surface area contributed by atoms with Gasteiger partial charge >= 0.3 is 6.09 Å². The second kappa shape index (κ2) is 8.13. The van der Waals surface area contributed by atoms with Crippen molar-refractivity contribution < 1.29 is 14.3 Å². The molecule has 3 aromatic rings. The molecule has 0 aliphatic carbocycles. The fourth-order valence-corrected chi connectivity index (χ4v) is 3.40. The Morgan fingerprint density at radius 2 is 2.00 bits per heavy atom. The molecular weight excluding hydrogens is 352 g/mol. The van der Waals surface area contributed by atoms with Gasteiger partial charge in [-0.05, 0) is 17.2 Å². The smallest absolute Gasteiger partial charge is 0.409 e. The zero-order chi connectivity index (χ0) is 19.3. The van der Waals surface area contributed by atoms with E-state index < -0.39 is 0 Å². The average molecular weight is 374 g/mol. The van der Waals surface area contributed by atoms with E-state index in [0.29, 0.717) is 6.54 Å². The number of ether oxygens (including phenoxy) is 2. The second-order valence-corrected chi connectivity index (χ2v) is 6.90. The maximum atomic E-state index is 12.3. The highest BCUT2D eigenvalue weighted by Gasteiger charge is 2.28. The van der Waals surface area contributed by atoms with Crippen LogP contribution >= 0.6 is 0 Å². The molecule has 0 radical (unpaired) electrons. The summed E-state index contributed by atoms with van der Waals surface area (Å²) in [6.45, 7) is 0.732. The summed E-state index contributed by atoms with van der Waals surface area (Å²) in [6.07, 6.45) is 3.91. The summed E-state index contributed by atoms with van der Waals surface area (Å²) in [6, 6.07) is 19.7. The van der Waals surface area contributed by atoms with E-state index in [0.717, 1.165) is 34.4 Å². The molecule has 1 amide bonds. The Morgan fingerprint density at radius 1 is 1.14 bits per heavy atom. The Bertz CT molecular complexity index is 945. The van der Waals surface area contributed by atoms with E-state index in [-0.39, 0.29) is 18.8 Å². The number of likely N-dealkylation sites (N-methyl/N-ethyl adjacent to an activating group) is 1. The minimum Gasteiger partial charge on any atom is -0.487 e. The van der Waals surface area contributed by atoms with E-state index in [1.54, 1.807) is 18.1 Å². The van der Waals surface area contributed by atoms with Crippen LogP contribution in [0.5, 0.6) is 5.75 Å². The highest BCUT2D eigenvalue weighted by Crippen LogP contribution is 2.38. The van der Waals surface area contributed by atoms with Crippen molar-refractivity contribution in [3.05, 3.63) is 84.2 Å². The zero-order valence-corrected chi connectivity index (χ0v) is 15.7. The molecule has 5 heteroatoms. The number of carbonyl (C=O) groups is 1. The van der Waals surface area contributed by atoms with Crippen LogP contribution in [0.25, 0.3) is 11.1 Å². The minimum atomic E-state index is -0.351. The van der Waals surface area contributed by atoms with Gasteiger partial charge in [0.25, 0.3) is 0 Å². The number of amides is 1. The molecule has 1 aromatic heterocycles. The highest BCUT2D eigenvalue weighted by molar-refractivity contribution is 5.72. The molecule has 1 aliphatic heterocycles. The Labute approximate surface area is 164 Å². The van der Waals surface area contributed by atoms with Crippen molar-refractivity contribution in [1.82, 2.24) is 9.88 Å². The van der Waals surface area contributed by atoms with Gasteiger partial charge in [-0.3, -0.25) is 4.98 Å². The first-order valence-electron chi connectivity index (χ1n) is 9.31. The SMILES string of the molecule is CN(CC1Cc2cccc(-c3cccnc3)c2O1)C(=O)OCc1ccccc1. The number of benzene rings is 2. The molecule has 0 fully saturated rings. The van der Waals surface area contributed by atoms with Crippen molar-refractivity contribution in [3.63, 3.8) is 0 Å². The van der Waals surface area contributed by atoms with Crippen molar-refractivity contribution in [3.8, 4) is 16.9 Å². The fourth-order valence-electron chi connectivity index (χ4n) is 3.40. The number of nitrogens with zero attached hydrogens (tertiary/aromatic N) is 2. The van der Waals surface area contributed by atoms with Crippen molar-refractivity contribution in [2.24, 2.45) is 0 Å². The molecule has 142 valence electrons. The van der Waals surface area contributed by atoms with Crippen LogP contribution in [0.2, 0.25) is 0 Å². The van der Waals surface area contributed by atoms with Crippen LogP contribution in [0.1, 0.15) is 11.1 Å². The maximum absolute atomic E-state index is 12.3. The predicted molar refractivity (Wildman–Crippen MR) is 107 cm³/mol. The number of aromatic nitrogens is 1. The molecular formula is C23H22N2O3. The van der Waals surface area contributed by atoms with Gasteiger partial charge in [-0.15, -0.1) is 0 Å². The lowest BCUT2D eigenvalue weighted by atomic mass is 10.0. The molecule has 1 aliphatic rings. The van der Waals surface area contributed by atoms with Gasteiger partial charge in [0, 0.05) is 37.0 Å². The van der Waals surface area contributed by atoms with Gasteiger partial charge in [-0.25, -0.2) is 4.79 Å². The number of pyridine rings is 1. The summed E-state index contributed by atoms with van der Waals surface area (Å²) in [4.78, 5) is 18.1. The number of rotatable bonds is 5. The molecule has 1 atom stereocenters. The molecule has 1 unspecified atom stereocenters. The van der Waals surface area contributed by atoms with Crippen LogP contribution < -0.4 is 4.74 Å². The lowest BCUT2D eigenvalue weighted by Gasteiger charge is -2.21. The molecule has 0 saturated carbocycles. The Hall–Kier alpha value is -3.34. The van der Waals surface area contributed by atoms with E-state index in [1.165, 1.54) is 0 Å². The third-order valence-corrected chi connectivity index (χ3v) is 4.80. The van der Waals surface area contributed by atoms with Gasteiger partial charge in [-0.1, -0.05) is 54.6 Å². The van der Waals surface area contributed by atoms with Crippen LogP contribution in [0.4, 0.5) is 4.79 Å². The topological polar surface area (TPSA) is 51.7 Å². The summed E-state index contributed by atoms with van der Waals surface area (Å²) in [5.74, 6) is 0.881. The maximum Gasteiger partial charge on any atom is 0.409 e. The molecule has 0 spiro atoms. The van der Waals surface area contributed by atoms with E-state index in [9.17, 15) is 4.79 Å². The van der Waals surface area contributed by atoms with Crippen LogP contribution in [-0.2, 0) is 17.8 Å². The zero-order valence-electron chi connectivity index (χ0n) is 15.7. The second-order valence-electron chi connectivity index (χ2n) is 6.90. The Kier molecular flexibility index (Phi) is 5.24. The highest BCUT2D eigenvalue weighted by atomic mass is 16.6. The fraction of sp³-hybridized carbons (Fsp3) is 0.217. The van der Waals surface area contributed by atoms with Gasteiger partial charge in [0.2, 0.25) is 0 Å². The average Bonchev–Trinajstić information content (AvgIpc) is 3.15. The summed E-state index contributed by atoms with van der Waals surface area (Å²) in [5, 5.41) is 0. The molecule has 0 saturated heterocycles. The van der Waals surface area contributed by atoms with Crippen LogP contribution in [0.15, 0.2) is 73.1 Å². The summed E-state index contributed by atoms with van der Waals surface area (Å²) in [7, 11) is 1.74.